The van der Waals surface area contributed by atoms with E-state index in [-0.39, 0.29) is 6.04 Å². The highest BCUT2D eigenvalue weighted by Crippen LogP contribution is 2.18. The zero-order valence-corrected chi connectivity index (χ0v) is 14.0. The van der Waals surface area contributed by atoms with E-state index in [0.717, 1.165) is 30.0 Å². The molecule has 2 heterocycles. The molecule has 0 spiro atoms. The van der Waals surface area contributed by atoms with E-state index in [4.69, 9.17) is 0 Å². The number of rotatable bonds is 6. The number of fused-ring (bicyclic) bond motifs is 1. The average Bonchev–Trinajstić information content (AvgIpc) is 2.78. The van der Waals surface area contributed by atoms with Gasteiger partial charge in [-0.3, -0.25) is 0 Å². The maximum absolute atomic E-state index is 4.52. The summed E-state index contributed by atoms with van der Waals surface area (Å²) in [6, 6.07) is 2.75. The first-order valence-corrected chi connectivity index (χ1v) is 7.61. The van der Waals surface area contributed by atoms with Gasteiger partial charge in [0.1, 0.15) is 0 Å². The highest BCUT2D eigenvalue weighted by Gasteiger charge is 2.15. The highest BCUT2D eigenvalue weighted by atomic mass is 15.3. The molecule has 2 unspecified atom stereocenters. The zero-order chi connectivity index (χ0) is 15.6. The molecule has 5 nitrogen and oxygen atoms in total. The van der Waals surface area contributed by atoms with E-state index < -0.39 is 0 Å². The van der Waals surface area contributed by atoms with Gasteiger partial charge in [0.2, 0.25) is 0 Å². The fourth-order valence-electron chi connectivity index (χ4n) is 2.65. The summed E-state index contributed by atoms with van der Waals surface area (Å²) >= 11 is 0. The molecule has 2 aromatic heterocycles. The molecule has 0 saturated heterocycles. The fourth-order valence-corrected chi connectivity index (χ4v) is 2.65. The Labute approximate surface area is 127 Å². The van der Waals surface area contributed by atoms with Crippen LogP contribution < -0.4 is 5.32 Å². The summed E-state index contributed by atoms with van der Waals surface area (Å²) < 4.78 is 1.94. The van der Waals surface area contributed by atoms with Gasteiger partial charge >= 0.3 is 0 Å². The molecule has 0 aliphatic heterocycles. The molecule has 0 fully saturated rings. The lowest BCUT2D eigenvalue weighted by Gasteiger charge is -2.22. The monoisotopic (exact) mass is 289 g/mol. The minimum Gasteiger partial charge on any atom is -0.309 e. The van der Waals surface area contributed by atoms with Crippen LogP contribution >= 0.6 is 0 Å². The van der Waals surface area contributed by atoms with Crippen LogP contribution in [-0.4, -0.2) is 46.2 Å². The maximum atomic E-state index is 4.52. The number of nitrogens with zero attached hydrogens (tertiary/aromatic N) is 4. The van der Waals surface area contributed by atoms with Crippen molar-refractivity contribution in [1.29, 1.82) is 0 Å². The van der Waals surface area contributed by atoms with E-state index >= 15 is 0 Å². The Balaban J connectivity index is 2.11. The van der Waals surface area contributed by atoms with Crippen molar-refractivity contribution >= 4 is 5.65 Å². The smallest absolute Gasteiger partial charge is 0.155 e. The SMILES string of the molecule is Cc1cc2ncc(C(C)NC(C)CCN(C)C)c(C)n2n1. The second-order valence-electron chi connectivity index (χ2n) is 6.24. The molecule has 0 aliphatic rings. The van der Waals surface area contributed by atoms with E-state index in [1.807, 2.05) is 23.7 Å². The summed E-state index contributed by atoms with van der Waals surface area (Å²) in [5.41, 5.74) is 4.29. The van der Waals surface area contributed by atoms with Crippen LogP contribution in [0.25, 0.3) is 5.65 Å². The molecule has 116 valence electrons. The number of hydrogen-bond donors (Lipinski definition) is 1. The minimum absolute atomic E-state index is 0.267. The number of aryl methyl sites for hydroxylation is 2. The molecule has 5 heteroatoms. The van der Waals surface area contributed by atoms with Gasteiger partial charge in [-0.15, -0.1) is 0 Å². The molecular weight excluding hydrogens is 262 g/mol. The Hall–Kier alpha value is -1.46. The molecule has 0 amide bonds. The molecule has 2 atom stereocenters. The maximum Gasteiger partial charge on any atom is 0.155 e. The molecule has 0 saturated carbocycles. The lowest BCUT2D eigenvalue weighted by molar-refractivity contribution is 0.354. The van der Waals surface area contributed by atoms with Crippen LogP contribution in [0.2, 0.25) is 0 Å². The van der Waals surface area contributed by atoms with Crippen molar-refractivity contribution in [2.75, 3.05) is 20.6 Å². The zero-order valence-electron chi connectivity index (χ0n) is 14.0. The first kappa shape index (κ1) is 15.9. The van der Waals surface area contributed by atoms with Crippen LogP contribution in [-0.2, 0) is 0 Å². The fraction of sp³-hybridized carbons (Fsp3) is 0.625. The van der Waals surface area contributed by atoms with Gasteiger partial charge in [0, 0.05) is 35.6 Å². The number of nitrogens with one attached hydrogen (secondary N) is 1. The summed E-state index contributed by atoms with van der Waals surface area (Å²) in [5, 5.41) is 8.17. The first-order valence-electron chi connectivity index (χ1n) is 7.61. The topological polar surface area (TPSA) is 45.5 Å². The minimum atomic E-state index is 0.267. The van der Waals surface area contributed by atoms with Crippen molar-refractivity contribution in [3.05, 3.63) is 29.2 Å². The van der Waals surface area contributed by atoms with Crippen LogP contribution in [0.3, 0.4) is 0 Å². The number of aromatic nitrogens is 3. The van der Waals surface area contributed by atoms with E-state index in [1.165, 1.54) is 5.56 Å². The summed E-state index contributed by atoms with van der Waals surface area (Å²) in [6.45, 7) is 9.63. The molecule has 21 heavy (non-hydrogen) atoms. The van der Waals surface area contributed by atoms with Crippen LogP contribution in [0.4, 0.5) is 0 Å². The van der Waals surface area contributed by atoms with Crippen molar-refractivity contribution in [3.63, 3.8) is 0 Å². The Morgan fingerprint density at radius 1 is 1.29 bits per heavy atom. The molecule has 0 bridgehead atoms. The standard InChI is InChI=1S/C16H27N5/c1-11(7-8-20(5)6)18-13(3)15-10-17-16-9-12(2)19-21(16)14(15)4/h9-11,13,18H,7-8H2,1-6H3. The van der Waals surface area contributed by atoms with Crippen molar-refractivity contribution < 1.29 is 0 Å². The third-order valence-electron chi connectivity index (χ3n) is 3.89. The predicted octanol–water partition coefficient (Wildman–Crippen LogP) is 2.34. The van der Waals surface area contributed by atoms with Crippen LogP contribution in [0.15, 0.2) is 12.3 Å². The van der Waals surface area contributed by atoms with Gasteiger partial charge in [0.15, 0.2) is 5.65 Å². The third-order valence-corrected chi connectivity index (χ3v) is 3.89. The highest BCUT2D eigenvalue weighted by molar-refractivity contribution is 5.42. The van der Waals surface area contributed by atoms with Gasteiger partial charge in [-0.25, -0.2) is 9.50 Å². The first-order chi connectivity index (χ1) is 9.88. The lowest BCUT2D eigenvalue weighted by atomic mass is 10.1. The van der Waals surface area contributed by atoms with Gasteiger partial charge in [0.05, 0.1) is 5.69 Å². The molecule has 2 rings (SSSR count). The van der Waals surface area contributed by atoms with Crippen LogP contribution in [0.1, 0.15) is 43.3 Å². The summed E-state index contributed by atoms with van der Waals surface area (Å²) in [5.74, 6) is 0. The number of hydrogen-bond acceptors (Lipinski definition) is 4. The second-order valence-corrected chi connectivity index (χ2v) is 6.24. The lowest BCUT2D eigenvalue weighted by Crippen LogP contribution is -2.32. The normalized spacial score (nSPS) is 14.8. The second kappa shape index (κ2) is 6.54. The quantitative estimate of drug-likeness (QED) is 0.886. The van der Waals surface area contributed by atoms with Crippen LogP contribution in [0.5, 0.6) is 0 Å². The average molecular weight is 289 g/mol. The molecule has 2 aromatic rings. The molecular formula is C16H27N5. The Morgan fingerprint density at radius 2 is 2.00 bits per heavy atom. The van der Waals surface area contributed by atoms with E-state index in [0.29, 0.717) is 6.04 Å². The summed E-state index contributed by atoms with van der Waals surface area (Å²) in [6.07, 6.45) is 3.11. The van der Waals surface area contributed by atoms with Gasteiger partial charge in [-0.1, -0.05) is 0 Å². The third kappa shape index (κ3) is 3.80. The Morgan fingerprint density at radius 3 is 2.67 bits per heavy atom. The van der Waals surface area contributed by atoms with Crippen LogP contribution in [0, 0.1) is 13.8 Å². The Bertz CT molecular complexity index is 602. The van der Waals surface area contributed by atoms with E-state index in [9.17, 15) is 0 Å². The summed E-state index contributed by atoms with van der Waals surface area (Å²) in [7, 11) is 4.22. The largest absolute Gasteiger partial charge is 0.309 e. The van der Waals surface area contributed by atoms with Gasteiger partial charge in [-0.2, -0.15) is 5.10 Å². The molecule has 1 N–H and O–H groups in total. The van der Waals surface area contributed by atoms with Crippen molar-refractivity contribution in [1.82, 2.24) is 24.8 Å². The molecule has 0 aromatic carbocycles. The van der Waals surface area contributed by atoms with Gasteiger partial charge in [-0.05, 0) is 54.8 Å². The van der Waals surface area contributed by atoms with Gasteiger partial charge < -0.3 is 10.2 Å². The van der Waals surface area contributed by atoms with Crippen molar-refractivity contribution in [3.8, 4) is 0 Å². The van der Waals surface area contributed by atoms with Gasteiger partial charge in [0.25, 0.3) is 0 Å². The van der Waals surface area contributed by atoms with E-state index in [2.05, 4.69) is 55.2 Å². The summed E-state index contributed by atoms with van der Waals surface area (Å²) in [4.78, 5) is 6.73. The Kier molecular flexibility index (Phi) is 4.96. The van der Waals surface area contributed by atoms with Crippen molar-refractivity contribution in [2.24, 2.45) is 0 Å². The van der Waals surface area contributed by atoms with E-state index in [1.54, 1.807) is 0 Å². The molecule has 0 aliphatic carbocycles. The predicted molar refractivity (Wildman–Crippen MR) is 86.6 cm³/mol. The van der Waals surface area contributed by atoms with Crippen molar-refractivity contribution in [2.45, 2.75) is 46.2 Å². The molecule has 0 radical (unpaired) electrons.